The van der Waals surface area contributed by atoms with Gasteiger partial charge in [-0.3, -0.25) is 9.69 Å². The molecule has 1 aromatic rings. The number of hydrogen-bond acceptors (Lipinski definition) is 3. The number of ether oxygens (including phenoxy) is 1. The zero-order valence-electron chi connectivity index (χ0n) is 11.6. The molecule has 0 aromatic heterocycles. The van der Waals surface area contributed by atoms with Gasteiger partial charge in [0.1, 0.15) is 5.75 Å². The van der Waals surface area contributed by atoms with Gasteiger partial charge in [-0.25, -0.2) is 0 Å². The number of piperidine rings is 1. The number of hydrogen-bond donors (Lipinski definition) is 1. The molecule has 2 rings (SSSR count). The lowest BCUT2D eigenvalue weighted by Gasteiger charge is -2.35. The summed E-state index contributed by atoms with van der Waals surface area (Å²) in [5, 5.41) is 9.03. The number of rotatable bonds is 5. The van der Waals surface area contributed by atoms with E-state index in [0.29, 0.717) is 0 Å². The van der Waals surface area contributed by atoms with Crippen LogP contribution < -0.4 is 4.74 Å². The van der Waals surface area contributed by atoms with E-state index in [1.54, 1.807) is 7.11 Å². The van der Waals surface area contributed by atoms with Crippen molar-refractivity contribution in [1.29, 1.82) is 0 Å². The van der Waals surface area contributed by atoms with E-state index in [0.717, 1.165) is 48.1 Å². The fraction of sp³-hybridized carbons (Fsp3) is 0.533. The third-order valence-corrected chi connectivity index (χ3v) is 4.56. The Labute approximate surface area is 127 Å². The zero-order valence-corrected chi connectivity index (χ0v) is 13.2. The van der Waals surface area contributed by atoms with E-state index in [4.69, 9.17) is 9.84 Å². The fourth-order valence-electron chi connectivity index (χ4n) is 2.72. The van der Waals surface area contributed by atoms with Crippen LogP contribution in [0.25, 0.3) is 0 Å². The van der Waals surface area contributed by atoms with Crippen LogP contribution in [-0.2, 0) is 11.3 Å². The highest BCUT2D eigenvalue weighted by molar-refractivity contribution is 9.10. The minimum atomic E-state index is -0.716. The summed E-state index contributed by atoms with van der Waals surface area (Å²) in [6, 6.07) is 6.04. The van der Waals surface area contributed by atoms with Gasteiger partial charge in [-0.05, 0) is 43.1 Å². The number of halogens is 1. The van der Waals surface area contributed by atoms with E-state index in [1.807, 2.05) is 18.2 Å². The van der Waals surface area contributed by atoms with Gasteiger partial charge in [-0.15, -0.1) is 0 Å². The zero-order chi connectivity index (χ0) is 14.5. The average molecular weight is 342 g/mol. The van der Waals surface area contributed by atoms with E-state index < -0.39 is 5.97 Å². The topological polar surface area (TPSA) is 49.8 Å². The predicted octanol–water partition coefficient (Wildman–Crippen LogP) is 3.29. The van der Waals surface area contributed by atoms with Gasteiger partial charge in [0.2, 0.25) is 0 Å². The monoisotopic (exact) mass is 341 g/mol. The van der Waals surface area contributed by atoms with Crippen molar-refractivity contribution < 1.29 is 14.6 Å². The van der Waals surface area contributed by atoms with Gasteiger partial charge < -0.3 is 9.84 Å². The number of likely N-dealkylation sites (tertiary alicyclic amines) is 1. The van der Waals surface area contributed by atoms with Crippen LogP contribution in [-0.4, -0.2) is 35.7 Å². The quantitative estimate of drug-likeness (QED) is 0.892. The van der Waals surface area contributed by atoms with Crippen LogP contribution in [0.5, 0.6) is 5.75 Å². The lowest BCUT2D eigenvalue weighted by molar-refractivity contribution is -0.138. The summed E-state index contributed by atoms with van der Waals surface area (Å²) >= 11 is 3.56. The van der Waals surface area contributed by atoms with E-state index >= 15 is 0 Å². The third-order valence-electron chi connectivity index (χ3n) is 3.79. The summed E-state index contributed by atoms with van der Waals surface area (Å²) < 4.78 is 6.30. The standard InChI is InChI=1S/C15H20BrNO3/c1-20-13-5-6-14(16)11(8-13)10-17-7-3-2-4-12(17)9-15(18)19/h5-6,8,12H,2-4,7,9-10H2,1H3,(H,18,19). The average Bonchev–Trinajstić information content (AvgIpc) is 2.43. The molecule has 0 spiro atoms. The minimum Gasteiger partial charge on any atom is -0.497 e. The van der Waals surface area contributed by atoms with Crippen molar-refractivity contribution in [3.63, 3.8) is 0 Å². The van der Waals surface area contributed by atoms with Gasteiger partial charge in [-0.1, -0.05) is 22.4 Å². The first-order chi connectivity index (χ1) is 9.60. The van der Waals surface area contributed by atoms with Crippen LogP contribution in [0.15, 0.2) is 22.7 Å². The molecule has 1 heterocycles. The summed E-state index contributed by atoms with van der Waals surface area (Å²) in [5.74, 6) is 0.113. The Balaban J connectivity index is 2.11. The van der Waals surface area contributed by atoms with E-state index in [1.165, 1.54) is 0 Å². The normalized spacial score (nSPS) is 19.8. The molecule has 110 valence electrons. The lowest BCUT2D eigenvalue weighted by atomic mass is 9.98. The molecule has 0 amide bonds. The first-order valence-corrected chi connectivity index (χ1v) is 7.67. The lowest BCUT2D eigenvalue weighted by Crippen LogP contribution is -2.40. The van der Waals surface area contributed by atoms with Crippen molar-refractivity contribution in [3.05, 3.63) is 28.2 Å². The van der Waals surface area contributed by atoms with Crippen molar-refractivity contribution in [2.45, 2.75) is 38.3 Å². The van der Waals surface area contributed by atoms with Crippen molar-refractivity contribution in [3.8, 4) is 5.75 Å². The molecular formula is C15H20BrNO3. The van der Waals surface area contributed by atoms with Gasteiger partial charge in [0.05, 0.1) is 13.5 Å². The molecule has 1 aliphatic rings. The SMILES string of the molecule is COc1ccc(Br)c(CN2CCCCC2CC(=O)O)c1. The van der Waals surface area contributed by atoms with Crippen LogP contribution in [0.3, 0.4) is 0 Å². The maximum Gasteiger partial charge on any atom is 0.304 e. The molecule has 1 aromatic carbocycles. The minimum absolute atomic E-state index is 0.138. The molecule has 0 radical (unpaired) electrons. The third kappa shape index (κ3) is 3.96. The highest BCUT2D eigenvalue weighted by atomic mass is 79.9. The molecule has 0 bridgehead atoms. The number of carboxylic acid groups (broad SMARTS) is 1. The predicted molar refractivity (Wildman–Crippen MR) is 81.0 cm³/mol. The molecule has 20 heavy (non-hydrogen) atoms. The van der Waals surface area contributed by atoms with E-state index in [2.05, 4.69) is 20.8 Å². The summed E-state index contributed by atoms with van der Waals surface area (Å²) in [6.07, 6.45) is 3.45. The number of benzene rings is 1. The summed E-state index contributed by atoms with van der Waals surface area (Å²) in [5.41, 5.74) is 1.14. The van der Waals surface area contributed by atoms with Crippen molar-refractivity contribution in [1.82, 2.24) is 4.90 Å². The molecule has 4 nitrogen and oxygen atoms in total. The number of carbonyl (C=O) groups is 1. The Bertz CT molecular complexity index is 478. The van der Waals surface area contributed by atoms with Gasteiger partial charge in [0.25, 0.3) is 0 Å². The van der Waals surface area contributed by atoms with Crippen LogP contribution in [0.4, 0.5) is 0 Å². The number of methoxy groups -OCH3 is 1. The van der Waals surface area contributed by atoms with Crippen LogP contribution in [0.2, 0.25) is 0 Å². The fourth-order valence-corrected chi connectivity index (χ4v) is 3.09. The molecule has 0 saturated carbocycles. The molecule has 1 unspecified atom stereocenters. The smallest absolute Gasteiger partial charge is 0.304 e. The molecule has 5 heteroatoms. The highest BCUT2D eigenvalue weighted by Crippen LogP contribution is 2.27. The van der Waals surface area contributed by atoms with Gasteiger partial charge in [0.15, 0.2) is 0 Å². The largest absolute Gasteiger partial charge is 0.497 e. The second kappa shape index (κ2) is 7.09. The Hall–Kier alpha value is -1.07. The maximum atomic E-state index is 11.0. The Morgan fingerprint density at radius 2 is 2.30 bits per heavy atom. The first kappa shape index (κ1) is 15.3. The van der Waals surface area contributed by atoms with Crippen molar-refractivity contribution in [2.75, 3.05) is 13.7 Å². The Morgan fingerprint density at radius 3 is 3.00 bits per heavy atom. The van der Waals surface area contributed by atoms with Crippen molar-refractivity contribution >= 4 is 21.9 Å². The van der Waals surface area contributed by atoms with Gasteiger partial charge in [0, 0.05) is 17.1 Å². The first-order valence-electron chi connectivity index (χ1n) is 6.88. The molecule has 0 aliphatic carbocycles. The molecule has 1 aliphatic heterocycles. The van der Waals surface area contributed by atoms with Crippen LogP contribution in [0, 0.1) is 0 Å². The van der Waals surface area contributed by atoms with Crippen LogP contribution in [0.1, 0.15) is 31.2 Å². The maximum absolute atomic E-state index is 11.0. The molecule has 1 fully saturated rings. The van der Waals surface area contributed by atoms with Crippen LogP contribution >= 0.6 is 15.9 Å². The number of nitrogens with zero attached hydrogens (tertiary/aromatic N) is 1. The van der Waals surface area contributed by atoms with Crippen molar-refractivity contribution in [2.24, 2.45) is 0 Å². The van der Waals surface area contributed by atoms with Gasteiger partial charge in [-0.2, -0.15) is 0 Å². The highest BCUT2D eigenvalue weighted by Gasteiger charge is 2.25. The number of carboxylic acids is 1. The Morgan fingerprint density at radius 1 is 1.50 bits per heavy atom. The van der Waals surface area contributed by atoms with E-state index in [-0.39, 0.29) is 12.5 Å². The molecule has 1 atom stereocenters. The second-order valence-corrected chi connectivity index (χ2v) is 6.03. The van der Waals surface area contributed by atoms with Gasteiger partial charge >= 0.3 is 5.97 Å². The molecule has 1 N–H and O–H groups in total. The van der Waals surface area contributed by atoms with E-state index in [9.17, 15) is 4.79 Å². The second-order valence-electron chi connectivity index (χ2n) is 5.18. The molecular weight excluding hydrogens is 322 g/mol. The Kier molecular flexibility index (Phi) is 5.43. The summed E-state index contributed by atoms with van der Waals surface area (Å²) in [6.45, 7) is 1.72. The number of aliphatic carboxylic acids is 1. The molecule has 1 saturated heterocycles. The summed E-state index contributed by atoms with van der Waals surface area (Å²) in [7, 11) is 1.65. The summed E-state index contributed by atoms with van der Waals surface area (Å²) in [4.78, 5) is 13.3.